The lowest BCUT2D eigenvalue weighted by Crippen LogP contribution is -2.44. The number of esters is 1. The molecule has 1 aromatic heterocycles. The van der Waals surface area contributed by atoms with E-state index in [0.717, 1.165) is 28.5 Å². The van der Waals surface area contributed by atoms with Gasteiger partial charge in [0.15, 0.2) is 5.54 Å². The van der Waals surface area contributed by atoms with Crippen molar-refractivity contribution < 1.29 is 14.3 Å². The molecule has 1 aliphatic heterocycles. The summed E-state index contributed by atoms with van der Waals surface area (Å²) < 4.78 is 7.44. The van der Waals surface area contributed by atoms with Crippen LogP contribution in [0.1, 0.15) is 35.2 Å². The Morgan fingerprint density at radius 1 is 1.10 bits per heavy atom. The fourth-order valence-corrected chi connectivity index (χ4v) is 5.58. The first-order valence-corrected chi connectivity index (χ1v) is 10.3. The molecule has 30 heavy (non-hydrogen) atoms. The van der Waals surface area contributed by atoms with Crippen molar-refractivity contribution in [1.29, 1.82) is 0 Å². The molecule has 2 bridgehead atoms. The van der Waals surface area contributed by atoms with Gasteiger partial charge in [-0.05, 0) is 36.1 Å². The average Bonchev–Trinajstić information content (AvgIpc) is 3.51. The maximum Gasteiger partial charge on any atom is 0.342 e. The van der Waals surface area contributed by atoms with Crippen LogP contribution in [-0.2, 0) is 9.53 Å². The van der Waals surface area contributed by atoms with Gasteiger partial charge in [-0.3, -0.25) is 9.36 Å². The summed E-state index contributed by atoms with van der Waals surface area (Å²) in [6.07, 6.45) is 7.08. The first kappa shape index (κ1) is 17.4. The second-order valence-corrected chi connectivity index (χ2v) is 8.36. The number of para-hydroxylation sites is 1. The lowest BCUT2D eigenvalue weighted by Gasteiger charge is -2.32. The first-order valence-electron chi connectivity index (χ1n) is 10.3. The topological polar surface area (TPSA) is 60.7 Å². The SMILES string of the molecule is CC(=O)n1cc([C@H]2[C@H]3C=C[C@H](C3)[C@@]23N=C(c2ccccc2)OC3=O)c2ccccc21. The number of ether oxygens (including phenoxy) is 1. The Labute approximate surface area is 173 Å². The highest BCUT2D eigenvalue weighted by molar-refractivity contribution is 6.09. The van der Waals surface area contributed by atoms with Gasteiger partial charge in [0.05, 0.1) is 5.52 Å². The second-order valence-electron chi connectivity index (χ2n) is 8.36. The minimum atomic E-state index is -0.976. The predicted octanol–water partition coefficient (Wildman–Crippen LogP) is 4.33. The fraction of sp³-hybridized carbons (Fsp3) is 0.240. The van der Waals surface area contributed by atoms with Gasteiger partial charge in [0.2, 0.25) is 11.8 Å². The van der Waals surface area contributed by atoms with E-state index < -0.39 is 5.54 Å². The van der Waals surface area contributed by atoms with E-state index in [0.29, 0.717) is 5.90 Å². The quantitative estimate of drug-likeness (QED) is 0.478. The van der Waals surface area contributed by atoms with Crippen LogP contribution >= 0.6 is 0 Å². The average molecular weight is 396 g/mol. The van der Waals surface area contributed by atoms with Crippen LogP contribution in [0.15, 0.2) is 77.9 Å². The number of carbonyl (C=O) groups excluding carboxylic acids is 2. The van der Waals surface area contributed by atoms with Gasteiger partial charge in [-0.1, -0.05) is 48.6 Å². The van der Waals surface area contributed by atoms with Crippen LogP contribution in [0.3, 0.4) is 0 Å². The van der Waals surface area contributed by atoms with Crippen molar-refractivity contribution in [3.63, 3.8) is 0 Å². The van der Waals surface area contributed by atoms with Gasteiger partial charge in [0, 0.05) is 35.9 Å². The van der Waals surface area contributed by atoms with Gasteiger partial charge in [0.25, 0.3) is 0 Å². The van der Waals surface area contributed by atoms with Gasteiger partial charge >= 0.3 is 5.97 Å². The fourth-order valence-electron chi connectivity index (χ4n) is 5.58. The molecule has 3 aliphatic rings. The van der Waals surface area contributed by atoms with Crippen LogP contribution < -0.4 is 0 Å². The van der Waals surface area contributed by atoms with Crippen molar-refractivity contribution in [3.8, 4) is 0 Å². The largest absolute Gasteiger partial charge is 0.405 e. The van der Waals surface area contributed by atoms with Crippen molar-refractivity contribution in [2.45, 2.75) is 24.8 Å². The van der Waals surface area contributed by atoms with Gasteiger partial charge in [-0.15, -0.1) is 0 Å². The summed E-state index contributed by atoms with van der Waals surface area (Å²) >= 11 is 0. The maximum atomic E-state index is 13.4. The summed E-state index contributed by atoms with van der Waals surface area (Å²) in [5.41, 5.74) is 1.68. The standard InChI is InChI=1S/C25H20N2O3/c1-15(28)27-14-20(19-9-5-6-10-21(19)27)22-17-11-12-18(13-17)25(22)24(29)30-23(26-25)16-7-3-2-4-8-16/h2-12,14,17-18,22H,13H2,1H3/t17-,18+,22+,25+/m0/s1. The zero-order chi connectivity index (χ0) is 20.5. The molecule has 0 unspecified atom stereocenters. The van der Waals surface area contributed by atoms with Gasteiger partial charge in [0.1, 0.15) is 0 Å². The number of hydrogen-bond donors (Lipinski definition) is 0. The number of aromatic nitrogens is 1. The number of allylic oxidation sites excluding steroid dienone is 1. The molecule has 3 aromatic rings. The molecule has 0 amide bonds. The number of rotatable bonds is 2. The van der Waals surface area contributed by atoms with E-state index >= 15 is 0 Å². The highest BCUT2D eigenvalue weighted by Gasteiger charge is 2.65. The summed E-state index contributed by atoms with van der Waals surface area (Å²) in [6.45, 7) is 1.56. The Morgan fingerprint density at radius 3 is 2.67 bits per heavy atom. The molecule has 2 aromatic carbocycles. The molecule has 148 valence electrons. The van der Waals surface area contributed by atoms with Gasteiger partial charge < -0.3 is 4.74 Å². The number of nitrogens with zero attached hydrogens (tertiary/aromatic N) is 2. The third kappa shape index (κ3) is 2.15. The van der Waals surface area contributed by atoms with Crippen LogP contribution in [-0.4, -0.2) is 27.9 Å². The van der Waals surface area contributed by atoms with Crippen molar-refractivity contribution in [2.24, 2.45) is 16.8 Å². The van der Waals surface area contributed by atoms with Crippen LogP contribution in [0.2, 0.25) is 0 Å². The number of fused-ring (bicyclic) bond motifs is 4. The Kier molecular flexibility index (Phi) is 3.49. The zero-order valence-corrected chi connectivity index (χ0v) is 16.5. The number of hydrogen-bond acceptors (Lipinski definition) is 4. The van der Waals surface area contributed by atoms with E-state index in [1.54, 1.807) is 11.5 Å². The Morgan fingerprint density at radius 2 is 1.87 bits per heavy atom. The molecule has 0 radical (unpaired) electrons. The molecule has 6 rings (SSSR count). The molecule has 4 atom stereocenters. The minimum Gasteiger partial charge on any atom is -0.405 e. The molecule has 1 fully saturated rings. The van der Waals surface area contributed by atoms with Crippen molar-refractivity contribution in [3.05, 3.63) is 84.1 Å². The van der Waals surface area contributed by atoms with Crippen LogP contribution in [0.25, 0.3) is 10.9 Å². The third-order valence-electron chi connectivity index (χ3n) is 6.83. The monoisotopic (exact) mass is 396 g/mol. The first-order chi connectivity index (χ1) is 14.6. The van der Waals surface area contributed by atoms with Gasteiger partial charge in [-0.25, -0.2) is 9.79 Å². The summed E-state index contributed by atoms with van der Waals surface area (Å²) in [5.74, 6) is 0.0809. The Balaban J connectivity index is 1.57. The molecule has 1 spiro atoms. The molecule has 1 saturated carbocycles. The van der Waals surface area contributed by atoms with Crippen molar-refractivity contribution in [2.75, 3.05) is 0 Å². The zero-order valence-electron chi connectivity index (χ0n) is 16.5. The normalized spacial score (nSPS) is 29.0. The summed E-state index contributed by atoms with van der Waals surface area (Å²) in [6, 6.07) is 17.4. The highest BCUT2D eigenvalue weighted by Crippen LogP contribution is 2.60. The van der Waals surface area contributed by atoms with Crippen LogP contribution in [0.5, 0.6) is 0 Å². The van der Waals surface area contributed by atoms with Crippen LogP contribution in [0, 0.1) is 11.8 Å². The molecule has 0 N–H and O–H groups in total. The highest BCUT2D eigenvalue weighted by atomic mass is 16.6. The van der Waals surface area contributed by atoms with E-state index in [4.69, 9.17) is 9.73 Å². The minimum absolute atomic E-state index is 0.000604. The number of cyclic esters (lactones) is 1. The van der Waals surface area contributed by atoms with E-state index in [-0.39, 0.29) is 29.6 Å². The maximum absolute atomic E-state index is 13.4. The molecule has 5 nitrogen and oxygen atoms in total. The molecular formula is C25H20N2O3. The molecule has 5 heteroatoms. The smallest absolute Gasteiger partial charge is 0.342 e. The lowest BCUT2D eigenvalue weighted by atomic mass is 9.72. The Bertz CT molecular complexity index is 1270. The Hall–Kier alpha value is -3.47. The summed E-state index contributed by atoms with van der Waals surface area (Å²) in [5, 5.41) is 0.995. The van der Waals surface area contributed by atoms with E-state index in [2.05, 4.69) is 12.2 Å². The van der Waals surface area contributed by atoms with Gasteiger partial charge in [-0.2, -0.15) is 0 Å². The third-order valence-corrected chi connectivity index (χ3v) is 6.83. The number of benzene rings is 2. The molecule has 2 aliphatic carbocycles. The second kappa shape index (κ2) is 6.02. The van der Waals surface area contributed by atoms with Crippen molar-refractivity contribution >= 4 is 28.7 Å². The number of carbonyl (C=O) groups is 2. The van der Waals surface area contributed by atoms with Crippen molar-refractivity contribution in [1.82, 2.24) is 4.57 Å². The van der Waals surface area contributed by atoms with E-state index in [1.165, 1.54) is 0 Å². The van der Waals surface area contributed by atoms with E-state index in [1.807, 2.05) is 60.8 Å². The predicted molar refractivity (Wildman–Crippen MR) is 114 cm³/mol. The summed E-state index contributed by atoms with van der Waals surface area (Å²) in [7, 11) is 0. The molecule has 0 saturated heterocycles. The molecular weight excluding hydrogens is 376 g/mol. The van der Waals surface area contributed by atoms with Crippen LogP contribution in [0.4, 0.5) is 0 Å². The lowest BCUT2D eigenvalue weighted by molar-refractivity contribution is -0.140. The van der Waals surface area contributed by atoms with E-state index in [9.17, 15) is 9.59 Å². The molecule has 2 heterocycles. The summed E-state index contributed by atoms with van der Waals surface area (Å²) in [4.78, 5) is 30.7. The number of aliphatic imine (C=N–C) groups is 1.